The van der Waals surface area contributed by atoms with Crippen LogP contribution in [-0.2, 0) is 9.97 Å². The first-order valence-corrected chi connectivity index (χ1v) is 9.62. The van der Waals surface area contributed by atoms with Crippen LogP contribution in [0.25, 0.3) is 11.4 Å². The van der Waals surface area contributed by atoms with Crippen molar-refractivity contribution in [1.82, 2.24) is 19.9 Å². The number of likely N-dealkylation sites (N-methyl/N-ethyl adjacent to an activating group) is 1. The highest BCUT2D eigenvalue weighted by atomic mass is 35.6. The van der Waals surface area contributed by atoms with Gasteiger partial charge in [0, 0.05) is 25.2 Å². The van der Waals surface area contributed by atoms with Crippen LogP contribution in [0.2, 0.25) is 0 Å². The van der Waals surface area contributed by atoms with E-state index in [1.54, 1.807) is 0 Å². The van der Waals surface area contributed by atoms with Gasteiger partial charge in [0.1, 0.15) is 0 Å². The summed E-state index contributed by atoms with van der Waals surface area (Å²) in [6.07, 6.45) is -3.61. The molecule has 0 atom stereocenters. The van der Waals surface area contributed by atoms with Gasteiger partial charge in [-0.3, -0.25) is 0 Å². The Labute approximate surface area is 175 Å². The zero-order valence-corrected chi connectivity index (χ0v) is 17.1. The molecule has 0 radical (unpaired) electrons. The molecule has 1 aromatic carbocycles. The van der Waals surface area contributed by atoms with E-state index in [0.717, 1.165) is 31.6 Å². The van der Waals surface area contributed by atoms with E-state index >= 15 is 0 Å². The van der Waals surface area contributed by atoms with Crippen LogP contribution in [0.15, 0.2) is 24.3 Å². The molecule has 0 saturated carbocycles. The van der Waals surface area contributed by atoms with Crippen LogP contribution in [0, 0.1) is 0 Å². The van der Waals surface area contributed by atoms with E-state index in [4.69, 9.17) is 34.8 Å². The summed E-state index contributed by atoms with van der Waals surface area (Å²) >= 11 is 17.9. The summed E-state index contributed by atoms with van der Waals surface area (Å²) in [4.78, 5) is 16.8. The highest BCUT2D eigenvalue weighted by Crippen LogP contribution is 2.38. The third-order valence-electron chi connectivity index (χ3n) is 4.33. The minimum Gasteiger partial charge on any atom is -0.339 e. The van der Waals surface area contributed by atoms with Crippen molar-refractivity contribution in [3.8, 4) is 11.4 Å². The zero-order valence-electron chi connectivity index (χ0n) is 14.8. The van der Waals surface area contributed by atoms with Gasteiger partial charge >= 0.3 is 6.18 Å². The van der Waals surface area contributed by atoms with E-state index in [1.807, 2.05) is 11.9 Å². The zero-order chi connectivity index (χ0) is 20.5. The van der Waals surface area contributed by atoms with Crippen molar-refractivity contribution < 1.29 is 13.2 Å². The first kappa shape index (κ1) is 21.4. The highest BCUT2D eigenvalue weighted by molar-refractivity contribution is 6.66. The van der Waals surface area contributed by atoms with E-state index in [9.17, 15) is 13.2 Å². The van der Waals surface area contributed by atoms with Crippen molar-refractivity contribution in [3.63, 3.8) is 0 Å². The SMILES string of the molecule is CN1CCCN(c2nc(-c3cccc(C(F)(F)F)c3)nc(C(Cl)(Cl)Cl)n2)CC1. The molecule has 1 aliphatic heterocycles. The molecule has 1 fully saturated rings. The Morgan fingerprint density at radius 2 is 1.71 bits per heavy atom. The van der Waals surface area contributed by atoms with Gasteiger partial charge in [0.25, 0.3) is 0 Å². The fourth-order valence-electron chi connectivity index (χ4n) is 2.84. The predicted octanol–water partition coefficient (Wildman–Crippen LogP) is 4.53. The molecule has 0 N–H and O–H groups in total. The van der Waals surface area contributed by atoms with Crippen LogP contribution in [0.1, 0.15) is 17.8 Å². The summed E-state index contributed by atoms with van der Waals surface area (Å²) in [5.74, 6) is 0.168. The van der Waals surface area contributed by atoms with Gasteiger partial charge in [-0.05, 0) is 32.1 Å². The Bertz CT molecular complexity index is 842. The molecule has 0 spiro atoms. The molecule has 3 rings (SSSR count). The van der Waals surface area contributed by atoms with E-state index < -0.39 is 15.5 Å². The number of alkyl halides is 6. The fraction of sp³-hybridized carbons (Fsp3) is 0.471. The number of hydrogen-bond donors (Lipinski definition) is 0. The van der Waals surface area contributed by atoms with Crippen LogP contribution >= 0.6 is 34.8 Å². The number of anilines is 1. The fourth-order valence-corrected chi connectivity index (χ4v) is 3.10. The Balaban J connectivity index is 2.06. The first-order valence-electron chi connectivity index (χ1n) is 8.48. The van der Waals surface area contributed by atoms with Crippen molar-refractivity contribution in [2.45, 2.75) is 16.4 Å². The molecule has 11 heteroatoms. The van der Waals surface area contributed by atoms with Gasteiger partial charge in [0.15, 0.2) is 11.6 Å². The average molecular weight is 455 g/mol. The Morgan fingerprint density at radius 3 is 2.39 bits per heavy atom. The number of halogens is 6. The second-order valence-electron chi connectivity index (χ2n) is 6.50. The molecule has 1 aromatic heterocycles. The summed E-state index contributed by atoms with van der Waals surface area (Å²) in [6.45, 7) is 3.02. The molecule has 0 bridgehead atoms. The largest absolute Gasteiger partial charge is 0.416 e. The van der Waals surface area contributed by atoms with Gasteiger partial charge in [-0.2, -0.15) is 23.1 Å². The molecule has 0 unspecified atom stereocenters. The van der Waals surface area contributed by atoms with Crippen molar-refractivity contribution in [2.24, 2.45) is 0 Å². The average Bonchev–Trinajstić information content (AvgIpc) is 2.84. The third-order valence-corrected chi connectivity index (χ3v) is 4.83. The smallest absolute Gasteiger partial charge is 0.339 e. The summed E-state index contributed by atoms with van der Waals surface area (Å²) in [5.41, 5.74) is -0.639. The second-order valence-corrected chi connectivity index (χ2v) is 8.78. The lowest BCUT2D eigenvalue weighted by molar-refractivity contribution is -0.137. The standard InChI is InChI=1S/C17H17Cl3F3N5/c1-27-6-3-7-28(9-8-27)15-25-13(24-14(26-15)16(18,19)20)11-4-2-5-12(10-11)17(21,22)23/h2,4-5,10H,3,6-9H2,1H3. The van der Waals surface area contributed by atoms with E-state index in [2.05, 4.69) is 19.9 Å². The van der Waals surface area contributed by atoms with E-state index in [-0.39, 0.29) is 23.2 Å². The lowest BCUT2D eigenvalue weighted by atomic mass is 10.1. The maximum atomic E-state index is 13.1. The molecule has 28 heavy (non-hydrogen) atoms. The quantitative estimate of drug-likeness (QED) is 0.624. The molecule has 1 saturated heterocycles. The van der Waals surface area contributed by atoms with Gasteiger partial charge in [-0.15, -0.1) is 0 Å². The summed E-state index contributed by atoms with van der Waals surface area (Å²) in [7, 11) is 2.01. The second kappa shape index (κ2) is 8.18. The molecular weight excluding hydrogens is 438 g/mol. The van der Waals surface area contributed by atoms with E-state index in [0.29, 0.717) is 13.1 Å². The summed E-state index contributed by atoms with van der Waals surface area (Å²) < 4.78 is 37.3. The van der Waals surface area contributed by atoms with Crippen molar-refractivity contribution in [1.29, 1.82) is 0 Å². The number of aromatic nitrogens is 3. The van der Waals surface area contributed by atoms with Gasteiger partial charge in [-0.1, -0.05) is 46.9 Å². The highest BCUT2D eigenvalue weighted by Gasteiger charge is 2.32. The van der Waals surface area contributed by atoms with E-state index in [1.165, 1.54) is 12.1 Å². The molecule has 5 nitrogen and oxygen atoms in total. The number of nitrogens with zero attached hydrogens (tertiary/aromatic N) is 5. The molecular formula is C17H17Cl3F3N5. The predicted molar refractivity (Wildman–Crippen MR) is 104 cm³/mol. The maximum Gasteiger partial charge on any atom is 0.416 e. The minimum atomic E-state index is -4.49. The number of hydrogen-bond acceptors (Lipinski definition) is 5. The molecule has 1 aliphatic rings. The van der Waals surface area contributed by atoms with Crippen LogP contribution in [0.5, 0.6) is 0 Å². The summed E-state index contributed by atoms with van der Waals surface area (Å²) in [5, 5.41) is 0. The van der Waals surface area contributed by atoms with Crippen molar-refractivity contribution >= 4 is 40.8 Å². The molecule has 0 aliphatic carbocycles. The third kappa shape index (κ3) is 5.17. The maximum absolute atomic E-state index is 13.1. The first-order chi connectivity index (χ1) is 13.0. The van der Waals surface area contributed by atoms with Gasteiger partial charge in [0.2, 0.25) is 9.74 Å². The van der Waals surface area contributed by atoms with Crippen LogP contribution in [0.4, 0.5) is 19.1 Å². The van der Waals surface area contributed by atoms with Crippen molar-refractivity contribution in [3.05, 3.63) is 35.7 Å². The van der Waals surface area contributed by atoms with Crippen LogP contribution in [-0.4, -0.2) is 53.1 Å². The Kier molecular flexibility index (Phi) is 6.24. The molecule has 2 aromatic rings. The summed E-state index contributed by atoms with van der Waals surface area (Å²) in [6, 6.07) is 4.72. The lowest BCUT2D eigenvalue weighted by Gasteiger charge is -2.22. The molecule has 0 amide bonds. The van der Waals surface area contributed by atoms with Crippen molar-refractivity contribution in [2.75, 3.05) is 38.1 Å². The Hall–Kier alpha value is -1.35. The number of benzene rings is 1. The normalized spacial score (nSPS) is 16.9. The minimum absolute atomic E-state index is 0.0232. The topological polar surface area (TPSA) is 45.2 Å². The monoisotopic (exact) mass is 453 g/mol. The van der Waals surface area contributed by atoms with Crippen LogP contribution in [0.3, 0.4) is 0 Å². The lowest BCUT2D eigenvalue weighted by Crippen LogP contribution is -2.31. The van der Waals surface area contributed by atoms with Gasteiger partial charge in [0.05, 0.1) is 5.56 Å². The molecule has 152 valence electrons. The Morgan fingerprint density at radius 1 is 0.964 bits per heavy atom. The van der Waals surface area contributed by atoms with Gasteiger partial charge < -0.3 is 9.80 Å². The van der Waals surface area contributed by atoms with Crippen LogP contribution < -0.4 is 4.90 Å². The van der Waals surface area contributed by atoms with Gasteiger partial charge in [-0.25, -0.2) is 4.98 Å². The molecule has 2 heterocycles. The number of rotatable bonds is 2.